The van der Waals surface area contributed by atoms with E-state index >= 15 is 0 Å². The summed E-state index contributed by atoms with van der Waals surface area (Å²) in [5, 5.41) is 10.2. The van der Waals surface area contributed by atoms with Gasteiger partial charge in [-0.2, -0.15) is 0 Å². The molecule has 0 radical (unpaired) electrons. The number of nitrogens with zero attached hydrogens (tertiary/aromatic N) is 3. The molecule has 0 unspecified atom stereocenters. The van der Waals surface area contributed by atoms with Crippen LogP contribution in [-0.4, -0.2) is 51.7 Å². The molecule has 2 heterocycles. The summed E-state index contributed by atoms with van der Waals surface area (Å²) in [5.41, 5.74) is 2.68. The number of rotatable bonds is 12. The minimum absolute atomic E-state index is 0.141. The zero-order chi connectivity index (χ0) is 36.2. The summed E-state index contributed by atoms with van der Waals surface area (Å²) in [7, 11) is 0. The van der Waals surface area contributed by atoms with Gasteiger partial charge in [-0.25, -0.2) is 19.6 Å². The predicted octanol–water partition coefficient (Wildman–Crippen LogP) is 4.77. The molecule has 4 aromatic rings. The molecule has 4 rings (SSSR count). The van der Waals surface area contributed by atoms with Crippen molar-refractivity contribution in [2.45, 2.75) is 40.9 Å². The number of anilines is 4. The maximum absolute atomic E-state index is 12.8. The highest BCUT2D eigenvalue weighted by molar-refractivity contribution is 5.94. The lowest BCUT2D eigenvalue weighted by molar-refractivity contribution is -0.115. The van der Waals surface area contributed by atoms with Gasteiger partial charge >= 0.3 is 11.9 Å². The summed E-state index contributed by atoms with van der Waals surface area (Å²) in [4.78, 5) is 84.1. The topological polar surface area (TPSA) is 207 Å². The SMILES string of the molecule is CC(=O)Nc1cc(COC(=O)c2ccc(N=Cc3cccc(C(=O)OCc4cc(NC(C)=O)nc(NC(C)=O)c4)c3)cc2)cc(NC(C)=O)n1. The van der Waals surface area contributed by atoms with E-state index in [4.69, 9.17) is 9.47 Å². The normalized spacial score (nSPS) is 10.6. The first-order valence-corrected chi connectivity index (χ1v) is 15.0. The summed E-state index contributed by atoms with van der Waals surface area (Å²) in [6.45, 7) is 4.99. The highest BCUT2D eigenvalue weighted by Gasteiger charge is 2.13. The molecule has 0 fully saturated rings. The number of ether oxygens (including phenoxy) is 2. The van der Waals surface area contributed by atoms with Crippen LogP contribution in [0.2, 0.25) is 0 Å². The van der Waals surface area contributed by atoms with E-state index in [1.165, 1.54) is 52.0 Å². The number of hydrogen-bond acceptors (Lipinski definition) is 11. The molecule has 2 aromatic heterocycles. The van der Waals surface area contributed by atoms with Crippen LogP contribution in [0.3, 0.4) is 0 Å². The number of aliphatic imine (C=N–C) groups is 1. The zero-order valence-corrected chi connectivity index (χ0v) is 27.5. The van der Waals surface area contributed by atoms with Crippen LogP contribution in [0.25, 0.3) is 0 Å². The summed E-state index contributed by atoms with van der Waals surface area (Å²) in [6.07, 6.45) is 1.55. The third-order valence-electron chi connectivity index (χ3n) is 6.31. The molecular weight excluding hydrogens is 646 g/mol. The van der Waals surface area contributed by atoms with E-state index in [1.807, 2.05) is 0 Å². The Morgan fingerprint density at radius 2 is 1.00 bits per heavy atom. The van der Waals surface area contributed by atoms with Gasteiger partial charge in [-0.3, -0.25) is 24.2 Å². The lowest BCUT2D eigenvalue weighted by Gasteiger charge is -2.10. The van der Waals surface area contributed by atoms with Gasteiger partial charge in [0, 0.05) is 33.9 Å². The first kappa shape index (κ1) is 36.1. The highest BCUT2D eigenvalue weighted by atomic mass is 16.5. The molecule has 0 spiro atoms. The summed E-state index contributed by atoms with van der Waals surface area (Å²) in [6, 6.07) is 19.1. The molecule has 4 N–H and O–H groups in total. The van der Waals surface area contributed by atoms with Crippen molar-refractivity contribution < 1.29 is 38.2 Å². The highest BCUT2D eigenvalue weighted by Crippen LogP contribution is 2.19. The van der Waals surface area contributed by atoms with Gasteiger partial charge in [0.1, 0.15) is 36.5 Å². The molecular formula is C35H33N7O8. The number of amides is 4. The first-order valence-electron chi connectivity index (χ1n) is 15.0. The van der Waals surface area contributed by atoms with Crippen molar-refractivity contribution in [3.63, 3.8) is 0 Å². The fourth-order valence-electron chi connectivity index (χ4n) is 4.36. The van der Waals surface area contributed by atoms with Gasteiger partial charge in [0.05, 0.1) is 16.8 Å². The van der Waals surface area contributed by atoms with Gasteiger partial charge in [-0.1, -0.05) is 12.1 Å². The second-order valence-corrected chi connectivity index (χ2v) is 10.8. The van der Waals surface area contributed by atoms with Crippen LogP contribution in [0.5, 0.6) is 0 Å². The molecule has 0 saturated carbocycles. The monoisotopic (exact) mass is 679 g/mol. The number of nitrogens with one attached hydrogen (secondary N) is 4. The van der Waals surface area contributed by atoms with Crippen LogP contribution in [0.4, 0.5) is 29.0 Å². The maximum atomic E-state index is 12.8. The Hall–Kier alpha value is -6.77. The largest absolute Gasteiger partial charge is 0.457 e. The van der Waals surface area contributed by atoms with Gasteiger partial charge in [0.2, 0.25) is 23.6 Å². The maximum Gasteiger partial charge on any atom is 0.338 e. The molecule has 256 valence electrons. The quantitative estimate of drug-likeness (QED) is 0.119. The van der Waals surface area contributed by atoms with Crippen molar-refractivity contribution in [2.75, 3.05) is 21.3 Å². The molecule has 0 aliphatic rings. The summed E-state index contributed by atoms with van der Waals surface area (Å²) in [5.74, 6) is -1.84. The van der Waals surface area contributed by atoms with Gasteiger partial charge < -0.3 is 30.7 Å². The van der Waals surface area contributed by atoms with E-state index in [0.29, 0.717) is 22.4 Å². The lowest BCUT2D eigenvalue weighted by Crippen LogP contribution is -2.13. The molecule has 0 atom stereocenters. The van der Waals surface area contributed by atoms with Crippen molar-refractivity contribution in [1.29, 1.82) is 0 Å². The third kappa shape index (κ3) is 11.5. The van der Waals surface area contributed by atoms with E-state index in [-0.39, 0.29) is 71.2 Å². The van der Waals surface area contributed by atoms with Crippen LogP contribution < -0.4 is 21.3 Å². The van der Waals surface area contributed by atoms with Crippen molar-refractivity contribution >= 4 is 70.7 Å². The van der Waals surface area contributed by atoms with Crippen LogP contribution in [0.1, 0.15) is 65.1 Å². The molecule has 0 bridgehead atoms. The van der Waals surface area contributed by atoms with Crippen LogP contribution >= 0.6 is 0 Å². The number of hydrogen-bond donors (Lipinski definition) is 4. The molecule has 0 saturated heterocycles. The fourth-order valence-corrected chi connectivity index (χ4v) is 4.36. The summed E-state index contributed by atoms with van der Waals surface area (Å²) >= 11 is 0. The van der Waals surface area contributed by atoms with Crippen molar-refractivity contribution in [1.82, 2.24) is 9.97 Å². The molecule has 2 aromatic carbocycles. The number of carbonyl (C=O) groups excluding carboxylic acids is 6. The number of benzene rings is 2. The third-order valence-corrected chi connectivity index (χ3v) is 6.31. The standard InChI is InChI=1S/C35H33N7O8/c1-20(43)37-30-13-25(14-31(41-30)38-21(2)44)18-49-34(47)27-8-10-29(11-9-27)36-17-24-6-5-7-28(12-24)35(48)50-19-26-15-32(39-22(3)45)42-33(16-26)40-23(4)46/h5-17H,18-19H2,1-4H3,(H2,37,38,41,43,44)(H2,39,40,42,45,46). The molecule has 0 aliphatic carbocycles. The van der Waals surface area contributed by atoms with Gasteiger partial charge in [0.25, 0.3) is 0 Å². The number of aromatic nitrogens is 2. The van der Waals surface area contributed by atoms with Gasteiger partial charge in [0.15, 0.2) is 0 Å². The number of pyridine rings is 2. The zero-order valence-electron chi connectivity index (χ0n) is 27.5. The van der Waals surface area contributed by atoms with Crippen LogP contribution in [0, 0.1) is 0 Å². The van der Waals surface area contributed by atoms with E-state index in [9.17, 15) is 28.8 Å². The Balaban J connectivity index is 1.36. The molecule has 50 heavy (non-hydrogen) atoms. The minimum Gasteiger partial charge on any atom is -0.457 e. The van der Waals surface area contributed by atoms with Crippen molar-refractivity contribution in [3.05, 3.63) is 101 Å². The molecule has 15 heteroatoms. The molecule has 15 nitrogen and oxygen atoms in total. The smallest absolute Gasteiger partial charge is 0.338 e. The Kier molecular flexibility index (Phi) is 12.2. The van der Waals surface area contributed by atoms with Gasteiger partial charge in [-0.15, -0.1) is 0 Å². The minimum atomic E-state index is -0.605. The Morgan fingerprint density at radius 3 is 1.42 bits per heavy atom. The van der Waals surface area contributed by atoms with E-state index in [2.05, 4.69) is 36.2 Å². The van der Waals surface area contributed by atoms with Crippen LogP contribution in [0.15, 0.2) is 77.8 Å². The lowest BCUT2D eigenvalue weighted by atomic mass is 10.1. The van der Waals surface area contributed by atoms with Gasteiger partial charge in [-0.05, 0) is 77.4 Å². The second-order valence-electron chi connectivity index (χ2n) is 10.8. The van der Waals surface area contributed by atoms with Crippen molar-refractivity contribution in [2.24, 2.45) is 4.99 Å². The van der Waals surface area contributed by atoms with Crippen molar-refractivity contribution in [3.8, 4) is 0 Å². The molecule has 4 amide bonds. The van der Waals surface area contributed by atoms with E-state index in [1.54, 1.807) is 54.7 Å². The summed E-state index contributed by atoms with van der Waals surface area (Å²) < 4.78 is 10.9. The molecule has 0 aliphatic heterocycles. The number of carbonyl (C=O) groups is 6. The first-order chi connectivity index (χ1) is 23.8. The average molecular weight is 680 g/mol. The fraction of sp³-hybridized carbons (Fsp3) is 0.171. The Morgan fingerprint density at radius 1 is 0.580 bits per heavy atom. The Labute approximate surface area is 286 Å². The van der Waals surface area contributed by atoms with E-state index < -0.39 is 11.9 Å². The Bertz CT molecular complexity index is 1910. The number of esters is 2. The van der Waals surface area contributed by atoms with E-state index in [0.717, 1.165) is 0 Å². The predicted molar refractivity (Wildman–Crippen MR) is 184 cm³/mol. The second kappa shape index (κ2) is 16.9. The van der Waals surface area contributed by atoms with Crippen LogP contribution in [-0.2, 0) is 41.9 Å². The average Bonchev–Trinajstić information content (AvgIpc) is 3.04.